The van der Waals surface area contributed by atoms with Crippen molar-refractivity contribution in [1.82, 2.24) is 0 Å². The average Bonchev–Trinajstić information content (AvgIpc) is 3.06. The molecule has 0 amide bonds. The molecule has 1 aromatic carbocycles. The normalized spacial score (nSPS) is 25.5. The SMILES string of the molecule is CC(OCC1CCCO1)C(=O)OC1CCSc2ccccc21. The summed E-state index contributed by atoms with van der Waals surface area (Å²) in [4.78, 5) is 13.4. The minimum Gasteiger partial charge on any atom is -0.456 e. The number of rotatable bonds is 5. The van der Waals surface area contributed by atoms with Gasteiger partial charge in [0.25, 0.3) is 0 Å². The van der Waals surface area contributed by atoms with Crippen LogP contribution in [0.2, 0.25) is 0 Å². The van der Waals surface area contributed by atoms with E-state index in [-0.39, 0.29) is 18.2 Å². The number of ether oxygens (including phenoxy) is 3. The van der Waals surface area contributed by atoms with Gasteiger partial charge in [0, 0.05) is 22.8 Å². The van der Waals surface area contributed by atoms with Crippen LogP contribution in [0, 0.1) is 0 Å². The Morgan fingerprint density at radius 3 is 3.09 bits per heavy atom. The molecule has 1 saturated heterocycles. The number of carbonyl (C=O) groups is 1. The van der Waals surface area contributed by atoms with E-state index < -0.39 is 6.10 Å². The van der Waals surface area contributed by atoms with Gasteiger partial charge in [-0.1, -0.05) is 18.2 Å². The third-order valence-electron chi connectivity index (χ3n) is 4.05. The fraction of sp³-hybridized carbons (Fsp3) is 0.588. The molecule has 2 aliphatic heterocycles. The molecule has 120 valence electrons. The van der Waals surface area contributed by atoms with Crippen LogP contribution in [0.4, 0.5) is 0 Å². The maximum Gasteiger partial charge on any atom is 0.335 e. The van der Waals surface area contributed by atoms with Gasteiger partial charge in [0.2, 0.25) is 0 Å². The smallest absolute Gasteiger partial charge is 0.335 e. The lowest BCUT2D eigenvalue weighted by Gasteiger charge is -2.26. The molecule has 22 heavy (non-hydrogen) atoms. The summed E-state index contributed by atoms with van der Waals surface area (Å²) in [7, 11) is 0. The van der Waals surface area contributed by atoms with Gasteiger partial charge in [-0.2, -0.15) is 0 Å². The molecule has 5 heteroatoms. The van der Waals surface area contributed by atoms with Gasteiger partial charge >= 0.3 is 5.97 Å². The Balaban J connectivity index is 1.53. The van der Waals surface area contributed by atoms with Crippen molar-refractivity contribution in [3.05, 3.63) is 29.8 Å². The summed E-state index contributed by atoms with van der Waals surface area (Å²) in [5.74, 6) is 0.685. The maximum atomic E-state index is 12.2. The van der Waals surface area contributed by atoms with Crippen LogP contribution in [0.5, 0.6) is 0 Å². The Morgan fingerprint density at radius 2 is 2.27 bits per heavy atom. The molecule has 0 aliphatic carbocycles. The Hall–Kier alpha value is -1.04. The van der Waals surface area contributed by atoms with Crippen LogP contribution in [0.25, 0.3) is 0 Å². The summed E-state index contributed by atoms with van der Waals surface area (Å²) in [5, 5.41) is 0. The van der Waals surface area contributed by atoms with Crippen molar-refractivity contribution in [1.29, 1.82) is 0 Å². The second kappa shape index (κ2) is 7.49. The van der Waals surface area contributed by atoms with E-state index in [2.05, 4.69) is 6.07 Å². The first-order chi connectivity index (χ1) is 10.7. The van der Waals surface area contributed by atoms with Crippen LogP contribution in [-0.2, 0) is 19.0 Å². The molecule has 0 bridgehead atoms. The number of benzene rings is 1. The molecular weight excluding hydrogens is 300 g/mol. The zero-order valence-electron chi connectivity index (χ0n) is 12.8. The lowest BCUT2D eigenvalue weighted by Crippen LogP contribution is -2.29. The highest BCUT2D eigenvalue weighted by Crippen LogP contribution is 2.38. The predicted molar refractivity (Wildman–Crippen MR) is 85.0 cm³/mol. The summed E-state index contributed by atoms with van der Waals surface area (Å²) < 4.78 is 16.8. The van der Waals surface area contributed by atoms with E-state index in [1.54, 1.807) is 6.92 Å². The van der Waals surface area contributed by atoms with E-state index >= 15 is 0 Å². The van der Waals surface area contributed by atoms with Gasteiger partial charge in [-0.05, 0) is 32.3 Å². The fourth-order valence-electron chi connectivity index (χ4n) is 2.76. The lowest BCUT2D eigenvalue weighted by molar-refractivity contribution is -0.164. The number of esters is 1. The second-order valence-corrected chi connectivity index (χ2v) is 6.85. The third kappa shape index (κ3) is 3.83. The first-order valence-corrected chi connectivity index (χ1v) is 8.88. The Morgan fingerprint density at radius 1 is 1.41 bits per heavy atom. The van der Waals surface area contributed by atoms with E-state index in [1.807, 2.05) is 30.0 Å². The van der Waals surface area contributed by atoms with E-state index in [9.17, 15) is 4.79 Å². The Kier molecular flexibility index (Phi) is 5.39. The molecule has 0 radical (unpaired) electrons. The molecule has 0 spiro atoms. The molecule has 0 N–H and O–H groups in total. The van der Waals surface area contributed by atoms with Gasteiger partial charge in [-0.25, -0.2) is 4.79 Å². The van der Waals surface area contributed by atoms with Gasteiger partial charge in [0.1, 0.15) is 6.10 Å². The number of hydrogen-bond acceptors (Lipinski definition) is 5. The standard InChI is InChI=1S/C17H22O4S/c1-12(20-11-13-5-4-9-19-13)17(18)21-15-8-10-22-16-7-3-2-6-14(15)16/h2-3,6-7,12-13,15H,4-5,8-11H2,1H3. The minimum absolute atomic E-state index is 0.127. The van der Waals surface area contributed by atoms with Crippen LogP contribution in [0.15, 0.2) is 29.2 Å². The minimum atomic E-state index is -0.550. The van der Waals surface area contributed by atoms with Crippen molar-refractivity contribution in [2.75, 3.05) is 19.0 Å². The van der Waals surface area contributed by atoms with Gasteiger partial charge in [-0.15, -0.1) is 11.8 Å². The second-order valence-electron chi connectivity index (χ2n) is 5.71. The van der Waals surface area contributed by atoms with Crippen LogP contribution >= 0.6 is 11.8 Å². The van der Waals surface area contributed by atoms with Crippen LogP contribution < -0.4 is 0 Å². The molecule has 3 rings (SSSR count). The van der Waals surface area contributed by atoms with Crippen molar-refractivity contribution >= 4 is 17.7 Å². The predicted octanol–water partition coefficient (Wildman–Crippen LogP) is 3.35. The van der Waals surface area contributed by atoms with Crippen LogP contribution in [0.1, 0.15) is 37.9 Å². The van der Waals surface area contributed by atoms with Crippen molar-refractivity contribution in [3.8, 4) is 0 Å². The largest absolute Gasteiger partial charge is 0.456 e. The van der Waals surface area contributed by atoms with E-state index in [0.717, 1.165) is 37.2 Å². The molecule has 1 aromatic rings. The van der Waals surface area contributed by atoms with Crippen LogP contribution in [0.3, 0.4) is 0 Å². The average molecular weight is 322 g/mol. The van der Waals surface area contributed by atoms with Crippen molar-refractivity contribution in [3.63, 3.8) is 0 Å². The summed E-state index contributed by atoms with van der Waals surface area (Å²) in [5.41, 5.74) is 1.11. The molecule has 1 fully saturated rings. The highest BCUT2D eigenvalue weighted by atomic mass is 32.2. The molecule has 2 aliphatic rings. The van der Waals surface area contributed by atoms with Crippen molar-refractivity contribution in [2.45, 2.75) is 49.4 Å². The lowest BCUT2D eigenvalue weighted by atomic mass is 10.1. The zero-order chi connectivity index (χ0) is 15.4. The van der Waals surface area contributed by atoms with Crippen molar-refractivity contribution < 1.29 is 19.0 Å². The number of carbonyl (C=O) groups excluding carboxylic acids is 1. The van der Waals surface area contributed by atoms with Gasteiger partial charge in [-0.3, -0.25) is 0 Å². The fourth-order valence-corrected chi connectivity index (χ4v) is 3.86. The highest BCUT2D eigenvalue weighted by Gasteiger charge is 2.27. The summed E-state index contributed by atoms with van der Waals surface area (Å²) in [6.07, 6.45) is 2.36. The quantitative estimate of drug-likeness (QED) is 0.778. The topological polar surface area (TPSA) is 44.8 Å². The molecule has 2 heterocycles. The molecule has 0 saturated carbocycles. The Bertz CT molecular complexity index is 513. The van der Waals surface area contributed by atoms with Crippen molar-refractivity contribution in [2.24, 2.45) is 0 Å². The first kappa shape index (κ1) is 15.8. The summed E-state index contributed by atoms with van der Waals surface area (Å²) in [6, 6.07) is 8.13. The van der Waals surface area contributed by atoms with Gasteiger partial charge in [0.15, 0.2) is 6.10 Å². The van der Waals surface area contributed by atoms with Gasteiger partial charge < -0.3 is 14.2 Å². The maximum absolute atomic E-state index is 12.2. The van der Waals surface area contributed by atoms with Gasteiger partial charge in [0.05, 0.1) is 12.7 Å². The number of hydrogen-bond donors (Lipinski definition) is 0. The third-order valence-corrected chi connectivity index (χ3v) is 5.17. The monoisotopic (exact) mass is 322 g/mol. The number of fused-ring (bicyclic) bond motifs is 1. The first-order valence-electron chi connectivity index (χ1n) is 7.89. The molecule has 3 unspecified atom stereocenters. The summed E-state index contributed by atoms with van der Waals surface area (Å²) in [6.45, 7) is 3.01. The number of thioether (sulfide) groups is 1. The molecule has 4 nitrogen and oxygen atoms in total. The van der Waals surface area contributed by atoms with Crippen LogP contribution in [-0.4, -0.2) is 37.1 Å². The van der Waals surface area contributed by atoms with E-state index in [1.165, 1.54) is 4.90 Å². The van der Waals surface area contributed by atoms with E-state index in [4.69, 9.17) is 14.2 Å². The summed E-state index contributed by atoms with van der Waals surface area (Å²) >= 11 is 1.82. The highest BCUT2D eigenvalue weighted by molar-refractivity contribution is 7.99. The zero-order valence-corrected chi connectivity index (χ0v) is 13.6. The molecular formula is C17H22O4S. The molecule has 3 atom stereocenters. The Labute approximate surface area is 135 Å². The van der Waals surface area contributed by atoms with E-state index in [0.29, 0.717) is 6.61 Å². The molecule has 0 aromatic heterocycles.